The molecule has 1 atom stereocenters. The van der Waals surface area contributed by atoms with E-state index >= 15 is 0 Å². The number of aliphatic hydroxyl groups is 1. The predicted octanol–water partition coefficient (Wildman–Crippen LogP) is 3.04. The first-order valence-electron chi connectivity index (χ1n) is 9.69. The zero-order valence-corrected chi connectivity index (χ0v) is 17.5. The molecule has 2 heterocycles. The molecule has 2 aromatic carbocycles. The van der Waals surface area contributed by atoms with Gasteiger partial charge in [-0.3, -0.25) is 13.8 Å². The summed E-state index contributed by atoms with van der Waals surface area (Å²) in [6.07, 6.45) is 0.850. The van der Waals surface area contributed by atoms with Crippen molar-refractivity contribution in [3.8, 4) is 0 Å². The number of nitrogens with zero attached hydrogens (tertiary/aromatic N) is 4. The van der Waals surface area contributed by atoms with Gasteiger partial charge in [0, 0.05) is 17.9 Å². The van der Waals surface area contributed by atoms with E-state index in [1.54, 1.807) is 34.7 Å². The van der Waals surface area contributed by atoms with Crippen LogP contribution in [0.3, 0.4) is 0 Å². The molecule has 9 heteroatoms. The molecule has 4 rings (SSSR count). The molecular weight excluding hydrogens is 419 g/mol. The zero-order valence-electron chi connectivity index (χ0n) is 16.6. The smallest absolute Gasteiger partial charge is 0.263 e. The van der Waals surface area contributed by atoms with E-state index in [0.717, 1.165) is 0 Å². The van der Waals surface area contributed by atoms with Gasteiger partial charge >= 0.3 is 0 Å². The Morgan fingerprint density at radius 2 is 1.97 bits per heavy atom. The molecule has 1 N–H and O–H groups in total. The number of hydrogen-bond donors (Lipinski definition) is 1. The molecule has 0 aliphatic heterocycles. The number of benzene rings is 2. The molecule has 0 saturated heterocycles. The Morgan fingerprint density at radius 3 is 2.77 bits per heavy atom. The number of hydrogen-bond acceptors (Lipinski definition) is 6. The monoisotopic (exact) mass is 440 g/mol. The predicted molar refractivity (Wildman–Crippen MR) is 118 cm³/mol. The normalized spacial score (nSPS) is 12.5. The average molecular weight is 441 g/mol. The summed E-state index contributed by atoms with van der Waals surface area (Å²) in [5, 5.41) is 19.8. The standard InChI is InChI=1S/C22H21FN4O3S/c1-2-11-26-20(29)17-8-4-6-10-19(17)27-21(26)24-25-22(27)31-14-16(28)13-30-12-15-7-3-5-9-18(15)23/h2-10,16,28H,1,11-14H2. The van der Waals surface area contributed by atoms with Crippen LogP contribution in [0, 0.1) is 5.82 Å². The minimum absolute atomic E-state index is 0.0555. The van der Waals surface area contributed by atoms with Gasteiger partial charge in [-0.25, -0.2) is 4.39 Å². The van der Waals surface area contributed by atoms with Gasteiger partial charge in [-0.05, 0) is 18.2 Å². The topological polar surface area (TPSA) is 81.7 Å². The van der Waals surface area contributed by atoms with Crippen molar-refractivity contribution in [3.63, 3.8) is 0 Å². The van der Waals surface area contributed by atoms with Crippen LogP contribution in [-0.2, 0) is 17.9 Å². The van der Waals surface area contributed by atoms with Crippen LogP contribution in [0.5, 0.6) is 0 Å². The fourth-order valence-electron chi connectivity index (χ4n) is 3.26. The van der Waals surface area contributed by atoms with E-state index in [2.05, 4.69) is 16.8 Å². The second-order valence-electron chi connectivity index (χ2n) is 6.91. The van der Waals surface area contributed by atoms with Gasteiger partial charge in [0.25, 0.3) is 5.56 Å². The van der Waals surface area contributed by atoms with Crippen molar-refractivity contribution >= 4 is 28.4 Å². The van der Waals surface area contributed by atoms with E-state index in [-0.39, 0.29) is 24.6 Å². The molecule has 0 aliphatic rings. The average Bonchev–Trinajstić information content (AvgIpc) is 3.20. The molecule has 2 aromatic heterocycles. The van der Waals surface area contributed by atoms with Gasteiger partial charge in [-0.1, -0.05) is 48.2 Å². The van der Waals surface area contributed by atoms with Gasteiger partial charge in [0.2, 0.25) is 5.78 Å². The van der Waals surface area contributed by atoms with Gasteiger partial charge in [-0.15, -0.1) is 16.8 Å². The second-order valence-corrected chi connectivity index (χ2v) is 7.90. The lowest BCUT2D eigenvalue weighted by atomic mass is 10.2. The molecule has 0 spiro atoms. The number of ether oxygens (including phenoxy) is 1. The number of aliphatic hydroxyl groups excluding tert-OH is 1. The molecule has 0 bridgehead atoms. The summed E-state index contributed by atoms with van der Waals surface area (Å²) in [6, 6.07) is 13.6. The van der Waals surface area contributed by atoms with E-state index < -0.39 is 6.10 Å². The first-order valence-corrected chi connectivity index (χ1v) is 10.7. The minimum atomic E-state index is -0.783. The number of halogens is 1. The quantitative estimate of drug-likeness (QED) is 0.318. The van der Waals surface area contributed by atoms with Gasteiger partial charge < -0.3 is 9.84 Å². The highest BCUT2D eigenvalue weighted by Gasteiger charge is 2.17. The summed E-state index contributed by atoms with van der Waals surface area (Å²) in [5.41, 5.74) is 0.978. The van der Waals surface area contributed by atoms with E-state index in [1.807, 2.05) is 18.2 Å². The first kappa shape index (κ1) is 21.2. The van der Waals surface area contributed by atoms with Crippen molar-refractivity contribution in [1.82, 2.24) is 19.2 Å². The largest absolute Gasteiger partial charge is 0.390 e. The molecular formula is C22H21FN4O3S. The maximum atomic E-state index is 13.6. The van der Waals surface area contributed by atoms with Crippen LogP contribution in [0.2, 0.25) is 0 Å². The number of rotatable bonds is 9. The molecule has 7 nitrogen and oxygen atoms in total. The van der Waals surface area contributed by atoms with E-state index in [4.69, 9.17) is 4.74 Å². The third-order valence-electron chi connectivity index (χ3n) is 4.72. The fourth-order valence-corrected chi connectivity index (χ4v) is 4.11. The van der Waals surface area contributed by atoms with Crippen LogP contribution in [0.25, 0.3) is 16.7 Å². The van der Waals surface area contributed by atoms with E-state index in [0.29, 0.717) is 39.7 Å². The number of fused-ring (bicyclic) bond motifs is 3. The van der Waals surface area contributed by atoms with Crippen LogP contribution in [0.15, 0.2) is 71.1 Å². The molecule has 0 amide bonds. The van der Waals surface area contributed by atoms with Crippen molar-refractivity contribution in [2.24, 2.45) is 0 Å². The lowest BCUT2D eigenvalue weighted by Gasteiger charge is -2.12. The molecule has 0 saturated carbocycles. The third-order valence-corrected chi connectivity index (χ3v) is 5.79. The van der Waals surface area contributed by atoms with Crippen molar-refractivity contribution in [2.45, 2.75) is 24.4 Å². The van der Waals surface area contributed by atoms with Crippen molar-refractivity contribution in [1.29, 1.82) is 0 Å². The van der Waals surface area contributed by atoms with E-state index in [1.165, 1.54) is 22.4 Å². The molecule has 160 valence electrons. The van der Waals surface area contributed by atoms with Crippen molar-refractivity contribution in [2.75, 3.05) is 12.4 Å². The Bertz CT molecular complexity index is 1290. The summed E-state index contributed by atoms with van der Waals surface area (Å²) in [5.74, 6) is 0.377. The third kappa shape index (κ3) is 4.39. The Morgan fingerprint density at radius 1 is 1.19 bits per heavy atom. The highest BCUT2D eigenvalue weighted by Crippen LogP contribution is 2.22. The summed E-state index contributed by atoms with van der Waals surface area (Å²) in [4.78, 5) is 12.8. The maximum Gasteiger partial charge on any atom is 0.263 e. The number of aromatic nitrogens is 4. The highest BCUT2D eigenvalue weighted by atomic mass is 32.2. The van der Waals surface area contributed by atoms with E-state index in [9.17, 15) is 14.3 Å². The van der Waals surface area contributed by atoms with Crippen LogP contribution < -0.4 is 5.56 Å². The van der Waals surface area contributed by atoms with Crippen LogP contribution in [0.1, 0.15) is 5.56 Å². The lowest BCUT2D eigenvalue weighted by Crippen LogP contribution is -2.23. The molecule has 31 heavy (non-hydrogen) atoms. The minimum Gasteiger partial charge on any atom is -0.390 e. The fraction of sp³-hybridized carbons (Fsp3) is 0.227. The molecule has 0 aliphatic carbocycles. The number of para-hydroxylation sites is 1. The summed E-state index contributed by atoms with van der Waals surface area (Å²) in [6.45, 7) is 4.16. The highest BCUT2D eigenvalue weighted by molar-refractivity contribution is 7.99. The van der Waals surface area contributed by atoms with Gasteiger partial charge in [0.15, 0.2) is 5.16 Å². The van der Waals surface area contributed by atoms with Gasteiger partial charge in [0.1, 0.15) is 5.82 Å². The van der Waals surface area contributed by atoms with Gasteiger partial charge in [0.05, 0.1) is 30.2 Å². The van der Waals surface area contributed by atoms with Gasteiger partial charge in [-0.2, -0.15) is 0 Å². The lowest BCUT2D eigenvalue weighted by molar-refractivity contribution is 0.0386. The second kappa shape index (κ2) is 9.42. The van der Waals surface area contributed by atoms with Crippen molar-refractivity contribution in [3.05, 3.63) is 82.9 Å². The Kier molecular flexibility index (Phi) is 6.45. The van der Waals surface area contributed by atoms with Crippen LogP contribution in [0.4, 0.5) is 4.39 Å². The number of allylic oxidation sites excluding steroid dienone is 1. The van der Waals surface area contributed by atoms with Crippen LogP contribution in [-0.4, -0.2) is 42.7 Å². The maximum absolute atomic E-state index is 13.6. The van der Waals surface area contributed by atoms with Crippen molar-refractivity contribution < 1.29 is 14.2 Å². The molecule has 1 unspecified atom stereocenters. The Labute approximate surface area is 181 Å². The summed E-state index contributed by atoms with van der Waals surface area (Å²) in [7, 11) is 0. The van der Waals surface area contributed by atoms with Crippen LogP contribution >= 0.6 is 11.8 Å². The summed E-state index contributed by atoms with van der Waals surface area (Å²) >= 11 is 1.31. The first-order chi connectivity index (χ1) is 15.1. The number of thioether (sulfide) groups is 1. The Hall–Kier alpha value is -3.01. The zero-order chi connectivity index (χ0) is 21.8. The molecule has 0 radical (unpaired) electrons. The summed E-state index contributed by atoms with van der Waals surface area (Å²) < 4.78 is 22.4. The molecule has 4 aromatic rings. The molecule has 0 fully saturated rings. The Balaban J connectivity index is 1.50. The SMILES string of the molecule is C=CCn1c(=O)c2ccccc2n2c(SCC(O)COCc3ccccc3F)nnc12.